The Kier molecular flexibility index (Phi) is 2.24. The van der Waals surface area contributed by atoms with Crippen molar-refractivity contribution in [3.05, 3.63) is 23.8 Å². The van der Waals surface area contributed by atoms with E-state index in [4.69, 9.17) is 0 Å². The summed E-state index contributed by atoms with van der Waals surface area (Å²) in [5, 5.41) is 18.7. The van der Waals surface area contributed by atoms with Crippen LogP contribution in [0.2, 0.25) is 0 Å². The Morgan fingerprint density at radius 2 is 2.18 bits per heavy atom. The quantitative estimate of drug-likeness (QED) is 0.776. The normalized spacial score (nSPS) is 26.5. The van der Waals surface area contributed by atoms with Gasteiger partial charge in [-0.1, -0.05) is 0 Å². The van der Waals surface area contributed by atoms with Gasteiger partial charge in [-0.2, -0.15) is 0 Å². The molecule has 0 amide bonds. The number of phenols is 1. The first-order chi connectivity index (χ1) is 8.16. The lowest BCUT2D eigenvalue weighted by molar-refractivity contribution is -0.139. The fraction of sp³-hybridized carbons (Fsp3) is 0.462. The molecule has 2 N–H and O–H groups in total. The number of fused-ring (bicyclic) bond motifs is 3. The summed E-state index contributed by atoms with van der Waals surface area (Å²) in [5.41, 5.74) is 2.06. The van der Waals surface area contributed by atoms with Crippen LogP contribution in [0.4, 0.5) is 5.69 Å². The summed E-state index contributed by atoms with van der Waals surface area (Å²) >= 11 is 0. The summed E-state index contributed by atoms with van der Waals surface area (Å²) in [6.07, 6.45) is 3.58. The van der Waals surface area contributed by atoms with Gasteiger partial charge in [0, 0.05) is 11.7 Å². The lowest BCUT2D eigenvalue weighted by Gasteiger charge is -2.37. The first-order valence-electron chi connectivity index (χ1n) is 6.00. The highest BCUT2D eigenvalue weighted by Crippen LogP contribution is 2.40. The van der Waals surface area contributed by atoms with Gasteiger partial charge in [-0.15, -0.1) is 0 Å². The van der Waals surface area contributed by atoms with E-state index >= 15 is 0 Å². The second-order valence-electron chi connectivity index (χ2n) is 4.86. The van der Waals surface area contributed by atoms with E-state index in [0.717, 1.165) is 30.5 Å². The standard InChI is InChI=1S/C13H15NO3/c15-10-4-5-11-8(7-10)6-9-2-1-3-12(13(16)17)14(9)11/h4-5,7,9,12,15H,1-3,6H2,(H,16,17). The van der Waals surface area contributed by atoms with Crippen molar-refractivity contribution in [1.82, 2.24) is 0 Å². The molecular weight excluding hydrogens is 218 g/mol. The van der Waals surface area contributed by atoms with E-state index in [2.05, 4.69) is 0 Å². The number of carbonyl (C=O) groups is 1. The molecule has 0 radical (unpaired) electrons. The molecule has 2 unspecified atom stereocenters. The number of carboxylic acid groups (broad SMARTS) is 1. The van der Waals surface area contributed by atoms with Crippen molar-refractivity contribution in [2.45, 2.75) is 37.8 Å². The van der Waals surface area contributed by atoms with Gasteiger partial charge in [0.15, 0.2) is 0 Å². The van der Waals surface area contributed by atoms with E-state index in [1.54, 1.807) is 12.1 Å². The predicted octanol–water partition coefficient (Wildman–Crippen LogP) is 1.76. The highest BCUT2D eigenvalue weighted by molar-refractivity contribution is 5.80. The molecule has 0 aromatic heterocycles. The van der Waals surface area contributed by atoms with Gasteiger partial charge in [0.25, 0.3) is 0 Å². The van der Waals surface area contributed by atoms with Gasteiger partial charge in [0.1, 0.15) is 11.8 Å². The molecule has 2 aliphatic heterocycles. The summed E-state index contributed by atoms with van der Waals surface area (Å²) in [7, 11) is 0. The Balaban J connectivity index is 2.02. The average Bonchev–Trinajstić information content (AvgIpc) is 2.65. The molecule has 0 spiro atoms. The van der Waals surface area contributed by atoms with Crippen LogP contribution in [0.15, 0.2) is 18.2 Å². The third-order valence-corrected chi connectivity index (χ3v) is 3.83. The first kappa shape index (κ1) is 10.4. The predicted molar refractivity (Wildman–Crippen MR) is 63.4 cm³/mol. The number of hydrogen-bond donors (Lipinski definition) is 2. The number of carboxylic acids is 1. The lowest BCUT2D eigenvalue weighted by atomic mass is 9.96. The SMILES string of the molecule is O=C(O)C1CCCC2Cc3cc(O)ccc3N21. The average molecular weight is 233 g/mol. The van der Waals surface area contributed by atoms with Gasteiger partial charge in [-0.05, 0) is 49.4 Å². The van der Waals surface area contributed by atoms with Gasteiger partial charge in [-0.3, -0.25) is 0 Å². The molecule has 1 aromatic carbocycles. The van der Waals surface area contributed by atoms with Gasteiger partial charge >= 0.3 is 5.97 Å². The minimum atomic E-state index is -0.740. The van der Waals surface area contributed by atoms with Crippen molar-refractivity contribution in [2.75, 3.05) is 4.90 Å². The fourth-order valence-electron chi connectivity index (χ4n) is 3.13. The Hall–Kier alpha value is -1.71. The molecule has 2 atom stereocenters. The highest BCUT2D eigenvalue weighted by atomic mass is 16.4. The van der Waals surface area contributed by atoms with Crippen LogP contribution in [0.25, 0.3) is 0 Å². The zero-order valence-corrected chi connectivity index (χ0v) is 9.47. The van der Waals surface area contributed by atoms with Crippen molar-refractivity contribution >= 4 is 11.7 Å². The molecule has 4 nitrogen and oxygen atoms in total. The Morgan fingerprint density at radius 1 is 1.35 bits per heavy atom. The number of aliphatic carboxylic acids is 1. The number of nitrogens with zero attached hydrogens (tertiary/aromatic N) is 1. The summed E-state index contributed by atoms with van der Waals surface area (Å²) in [5.74, 6) is -0.480. The monoisotopic (exact) mass is 233 g/mol. The van der Waals surface area contributed by atoms with Gasteiger partial charge in [0.2, 0.25) is 0 Å². The van der Waals surface area contributed by atoms with E-state index in [-0.39, 0.29) is 5.75 Å². The van der Waals surface area contributed by atoms with Crippen LogP contribution in [-0.2, 0) is 11.2 Å². The third-order valence-electron chi connectivity index (χ3n) is 3.83. The zero-order chi connectivity index (χ0) is 12.0. The van der Waals surface area contributed by atoms with Crippen LogP contribution in [0, 0.1) is 0 Å². The summed E-state index contributed by atoms with van der Waals surface area (Å²) < 4.78 is 0. The lowest BCUT2D eigenvalue weighted by Crippen LogP contribution is -2.48. The molecule has 1 fully saturated rings. The second-order valence-corrected chi connectivity index (χ2v) is 4.86. The Bertz CT molecular complexity index is 472. The number of anilines is 1. The molecule has 3 rings (SSSR count). The number of rotatable bonds is 1. The van der Waals surface area contributed by atoms with Crippen LogP contribution >= 0.6 is 0 Å². The van der Waals surface area contributed by atoms with Gasteiger partial charge in [0.05, 0.1) is 0 Å². The molecule has 2 aliphatic rings. The maximum atomic E-state index is 11.3. The Morgan fingerprint density at radius 3 is 2.94 bits per heavy atom. The van der Waals surface area contributed by atoms with Crippen LogP contribution in [0.1, 0.15) is 24.8 Å². The maximum Gasteiger partial charge on any atom is 0.326 e. The maximum absolute atomic E-state index is 11.3. The van der Waals surface area contributed by atoms with Crippen molar-refractivity contribution in [2.24, 2.45) is 0 Å². The summed E-state index contributed by atoms with van der Waals surface area (Å²) in [6.45, 7) is 0. The number of hydrogen-bond acceptors (Lipinski definition) is 3. The molecule has 1 aromatic rings. The van der Waals surface area contributed by atoms with Gasteiger partial charge < -0.3 is 15.1 Å². The first-order valence-corrected chi connectivity index (χ1v) is 6.00. The molecule has 0 saturated carbocycles. The van der Waals surface area contributed by atoms with E-state index in [9.17, 15) is 15.0 Å². The van der Waals surface area contributed by atoms with Crippen LogP contribution in [-0.4, -0.2) is 28.3 Å². The zero-order valence-electron chi connectivity index (χ0n) is 9.47. The smallest absolute Gasteiger partial charge is 0.326 e. The highest BCUT2D eigenvalue weighted by Gasteiger charge is 2.40. The molecule has 0 aliphatic carbocycles. The molecule has 90 valence electrons. The molecular formula is C13H15NO3. The Labute approximate surface area is 99.5 Å². The molecule has 1 saturated heterocycles. The van der Waals surface area contributed by atoms with Crippen LogP contribution < -0.4 is 4.90 Å². The van der Waals surface area contributed by atoms with Crippen LogP contribution in [0.5, 0.6) is 5.75 Å². The van der Waals surface area contributed by atoms with E-state index < -0.39 is 12.0 Å². The third kappa shape index (κ3) is 1.55. The molecule has 2 heterocycles. The van der Waals surface area contributed by atoms with Crippen LogP contribution in [0.3, 0.4) is 0 Å². The minimum Gasteiger partial charge on any atom is -0.508 e. The summed E-state index contributed by atoms with van der Waals surface area (Å²) in [4.78, 5) is 13.3. The van der Waals surface area contributed by atoms with Crippen molar-refractivity contribution in [3.8, 4) is 5.75 Å². The number of piperidine rings is 1. The van der Waals surface area contributed by atoms with E-state index in [1.165, 1.54) is 0 Å². The van der Waals surface area contributed by atoms with E-state index in [1.807, 2.05) is 11.0 Å². The second kappa shape index (κ2) is 3.65. The number of aromatic hydroxyl groups is 1. The topological polar surface area (TPSA) is 60.8 Å². The summed E-state index contributed by atoms with van der Waals surface area (Å²) in [6, 6.07) is 5.12. The molecule has 4 heteroatoms. The minimum absolute atomic E-state index is 0.260. The number of phenolic OH excluding ortho intramolecular Hbond substituents is 1. The largest absolute Gasteiger partial charge is 0.508 e. The van der Waals surface area contributed by atoms with Crippen molar-refractivity contribution in [1.29, 1.82) is 0 Å². The van der Waals surface area contributed by atoms with Crippen molar-refractivity contribution in [3.63, 3.8) is 0 Å². The fourth-order valence-corrected chi connectivity index (χ4v) is 3.13. The van der Waals surface area contributed by atoms with E-state index in [0.29, 0.717) is 12.5 Å². The van der Waals surface area contributed by atoms with Crippen molar-refractivity contribution < 1.29 is 15.0 Å². The molecule has 0 bridgehead atoms. The molecule has 17 heavy (non-hydrogen) atoms. The van der Waals surface area contributed by atoms with Gasteiger partial charge in [-0.25, -0.2) is 4.79 Å². The number of benzene rings is 1.